The van der Waals surface area contributed by atoms with Crippen LogP contribution in [0.5, 0.6) is 0 Å². The first-order valence-electron chi connectivity index (χ1n) is 6.09. The quantitative estimate of drug-likeness (QED) is 0.787. The van der Waals surface area contributed by atoms with Crippen LogP contribution >= 0.6 is 0 Å². The molecule has 0 aromatic carbocycles. The Bertz CT molecular complexity index is 514. The van der Waals surface area contributed by atoms with Crippen LogP contribution in [0.15, 0.2) is 41.3 Å². The number of aromatic nitrogens is 2. The van der Waals surface area contributed by atoms with E-state index in [1.165, 1.54) is 6.92 Å². The zero-order valence-electron chi connectivity index (χ0n) is 11.0. The van der Waals surface area contributed by atoms with E-state index in [9.17, 15) is 9.59 Å². The van der Waals surface area contributed by atoms with Gasteiger partial charge in [-0.1, -0.05) is 0 Å². The summed E-state index contributed by atoms with van der Waals surface area (Å²) < 4.78 is 11.7. The summed E-state index contributed by atoms with van der Waals surface area (Å²) in [6, 6.07) is 5.12. The number of furan rings is 1. The highest BCUT2D eigenvalue weighted by Crippen LogP contribution is 2.16. The van der Waals surface area contributed by atoms with Crippen LogP contribution in [0.3, 0.4) is 0 Å². The summed E-state index contributed by atoms with van der Waals surface area (Å²) in [6.07, 6.45) is 4.99. The third-order valence-electron chi connectivity index (χ3n) is 2.61. The van der Waals surface area contributed by atoms with Gasteiger partial charge in [0, 0.05) is 25.9 Å². The van der Waals surface area contributed by atoms with Gasteiger partial charge in [0.2, 0.25) is 0 Å². The molecule has 7 nitrogen and oxygen atoms in total. The molecule has 0 bridgehead atoms. The third-order valence-corrected chi connectivity index (χ3v) is 2.61. The average Bonchev–Trinajstić information content (AvgIpc) is 3.09. The lowest BCUT2D eigenvalue weighted by Crippen LogP contribution is -2.34. The van der Waals surface area contributed by atoms with Crippen molar-refractivity contribution in [2.75, 3.05) is 13.2 Å². The standard InChI is InChI=1S/C13H15N3O4/c1-10(17)20-9-13(18)14-8-11(12-4-2-7-19-12)16-6-3-5-15-16/h2-7,11H,8-9H2,1H3,(H,14,18)/t11-/m1/s1. The molecule has 2 rings (SSSR count). The van der Waals surface area contributed by atoms with Gasteiger partial charge in [0.05, 0.1) is 6.26 Å². The molecule has 0 aliphatic heterocycles. The van der Waals surface area contributed by atoms with E-state index in [2.05, 4.69) is 15.2 Å². The molecule has 7 heteroatoms. The molecular formula is C13H15N3O4. The van der Waals surface area contributed by atoms with Gasteiger partial charge in [-0.2, -0.15) is 5.10 Å². The minimum Gasteiger partial charge on any atom is -0.467 e. The molecule has 0 radical (unpaired) electrons. The van der Waals surface area contributed by atoms with E-state index >= 15 is 0 Å². The topological polar surface area (TPSA) is 86.4 Å². The second kappa shape index (κ2) is 6.55. The molecule has 2 aromatic rings. The Kier molecular flexibility index (Phi) is 4.54. The first-order valence-corrected chi connectivity index (χ1v) is 6.09. The Morgan fingerprint density at radius 3 is 2.95 bits per heavy atom. The van der Waals surface area contributed by atoms with Crippen LogP contribution in [-0.2, 0) is 14.3 Å². The maximum absolute atomic E-state index is 11.5. The lowest BCUT2D eigenvalue weighted by atomic mass is 10.2. The van der Waals surface area contributed by atoms with Crippen molar-refractivity contribution >= 4 is 11.9 Å². The van der Waals surface area contributed by atoms with Crippen molar-refractivity contribution in [3.05, 3.63) is 42.6 Å². The Morgan fingerprint density at radius 1 is 1.50 bits per heavy atom. The Balaban J connectivity index is 1.96. The molecule has 1 N–H and O–H groups in total. The van der Waals surface area contributed by atoms with E-state index in [1.807, 2.05) is 6.07 Å². The van der Waals surface area contributed by atoms with Crippen LogP contribution < -0.4 is 5.32 Å². The largest absolute Gasteiger partial charge is 0.467 e. The van der Waals surface area contributed by atoms with Crippen LogP contribution in [0, 0.1) is 0 Å². The summed E-state index contributed by atoms with van der Waals surface area (Å²) >= 11 is 0. The van der Waals surface area contributed by atoms with Crippen LogP contribution in [-0.4, -0.2) is 34.8 Å². The summed E-state index contributed by atoms with van der Waals surface area (Å²) in [4.78, 5) is 22.2. The highest BCUT2D eigenvalue weighted by atomic mass is 16.5. The van der Waals surface area contributed by atoms with Crippen molar-refractivity contribution in [3.8, 4) is 0 Å². The van der Waals surface area contributed by atoms with Gasteiger partial charge in [0.15, 0.2) is 6.61 Å². The van der Waals surface area contributed by atoms with Gasteiger partial charge in [-0.3, -0.25) is 14.3 Å². The van der Waals surface area contributed by atoms with Gasteiger partial charge in [0.1, 0.15) is 11.8 Å². The van der Waals surface area contributed by atoms with Crippen LogP contribution in [0.25, 0.3) is 0 Å². The number of amides is 1. The zero-order valence-corrected chi connectivity index (χ0v) is 11.0. The maximum atomic E-state index is 11.5. The smallest absolute Gasteiger partial charge is 0.303 e. The highest BCUT2D eigenvalue weighted by Gasteiger charge is 2.18. The van der Waals surface area contributed by atoms with Crippen LogP contribution in [0.1, 0.15) is 18.7 Å². The first-order chi connectivity index (χ1) is 9.66. The fourth-order valence-electron chi connectivity index (χ4n) is 1.70. The van der Waals surface area contributed by atoms with Gasteiger partial charge in [0.25, 0.3) is 5.91 Å². The molecule has 1 amide bonds. The van der Waals surface area contributed by atoms with Gasteiger partial charge >= 0.3 is 5.97 Å². The average molecular weight is 277 g/mol. The number of nitrogens with one attached hydrogen (secondary N) is 1. The second-order valence-electron chi connectivity index (χ2n) is 4.10. The lowest BCUT2D eigenvalue weighted by Gasteiger charge is -2.16. The summed E-state index contributed by atoms with van der Waals surface area (Å²) in [6.45, 7) is 1.25. The van der Waals surface area contributed by atoms with Crippen LogP contribution in [0.4, 0.5) is 0 Å². The number of esters is 1. The highest BCUT2D eigenvalue weighted by molar-refractivity contribution is 5.79. The first kappa shape index (κ1) is 13.9. The summed E-state index contributed by atoms with van der Waals surface area (Å²) in [5.74, 6) is -0.180. The van der Waals surface area contributed by atoms with E-state index in [4.69, 9.17) is 4.42 Å². The molecule has 0 saturated heterocycles. The molecule has 106 valence electrons. The summed E-state index contributed by atoms with van der Waals surface area (Å²) in [5.41, 5.74) is 0. The van der Waals surface area contributed by atoms with Crippen molar-refractivity contribution in [3.63, 3.8) is 0 Å². The van der Waals surface area contributed by atoms with Crippen molar-refractivity contribution in [2.24, 2.45) is 0 Å². The van der Waals surface area contributed by atoms with E-state index in [1.54, 1.807) is 35.5 Å². The number of hydrogen-bond acceptors (Lipinski definition) is 5. The Hall–Kier alpha value is -2.57. The predicted molar refractivity (Wildman–Crippen MR) is 68.7 cm³/mol. The molecule has 20 heavy (non-hydrogen) atoms. The Labute approximate surface area is 115 Å². The molecular weight excluding hydrogens is 262 g/mol. The molecule has 0 aliphatic rings. The molecule has 0 fully saturated rings. The van der Waals surface area contributed by atoms with Crippen molar-refractivity contribution in [1.82, 2.24) is 15.1 Å². The number of carbonyl (C=O) groups is 2. The summed E-state index contributed by atoms with van der Waals surface area (Å²) in [7, 11) is 0. The van der Waals surface area contributed by atoms with E-state index < -0.39 is 5.97 Å². The monoisotopic (exact) mass is 277 g/mol. The maximum Gasteiger partial charge on any atom is 0.303 e. The van der Waals surface area contributed by atoms with Crippen molar-refractivity contribution in [1.29, 1.82) is 0 Å². The minimum atomic E-state index is -0.491. The van der Waals surface area contributed by atoms with E-state index in [0.717, 1.165) is 0 Å². The fraction of sp³-hybridized carbons (Fsp3) is 0.308. The molecule has 0 aliphatic carbocycles. The van der Waals surface area contributed by atoms with Gasteiger partial charge in [-0.25, -0.2) is 0 Å². The van der Waals surface area contributed by atoms with Crippen molar-refractivity contribution in [2.45, 2.75) is 13.0 Å². The minimum absolute atomic E-state index is 0.249. The number of carbonyl (C=O) groups excluding carboxylic acids is 2. The normalized spacial score (nSPS) is 11.8. The lowest BCUT2D eigenvalue weighted by molar-refractivity contribution is -0.146. The van der Waals surface area contributed by atoms with Gasteiger partial charge < -0.3 is 14.5 Å². The predicted octanol–water partition coefficient (Wildman–Crippen LogP) is 0.745. The number of ether oxygens (including phenoxy) is 1. The Morgan fingerprint density at radius 2 is 2.35 bits per heavy atom. The second-order valence-corrected chi connectivity index (χ2v) is 4.10. The zero-order chi connectivity index (χ0) is 14.4. The number of rotatable bonds is 6. The fourth-order valence-corrected chi connectivity index (χ4v) is 1.70. The molecule has 2 aromatic heterocycles. The molecule has 0 unspecified atom stereocenters. The SMILES string of the molecule is CC(=O)OCC(=O)NC[C@H](c1ccco1)n1cccn1. The van der Waals surface area contributed by atoms with E-state index in [-0.39, 0.29) is 25.1 Å². The number of hydrogen-bond donors (Lipinski definition) is 1. The van der Waals surface area contributed by atoms with Crippen molar-refractivity contribution < 1.29 is 18.7 Å². The summed E-state index contributed by atoms with van der Waals surface area (Å²) in [5, 5.41) is 6.82. The van der Waals surface area contributed by atoms with Gasteiger partial charge in [-0.05, 0) is 18.2 Å². The third kappa shape index (κ3) is 3.71. The molecule has 0 spiro atoms. The molecule has 0 saturated carbocycles. The van der Waals surface area contributed by atoms with Gasteiger partial charge in [-0.15, -0.1) is 0 Å². The number of nitrogens with zero attached hydrogens (tertiary/aromatic N) is 2. The molecule has 2 heterocycles. The van der Waals surface area contributed by atoms with Crippen LogP contribution in [0.2, 0.25) is 0 Å². The van der Waals surface area contributed by atoms with E-state index in [0.29, 0.717) is 5.76 Å². The molecule has 1 atom stereocenters.